The largest absolute Gasteiger partial charge is 0.497 e. The molecule has 9 heteroatoms. The third-order valence-electron chi connectivity index (χ3n) is 6.25. The minimum absolute atomic E-state index is 0.0835. The van der Waals surface area contributed by atoms with Crippen LogP contribution in [-0.2, 0) is 17.9 Å². The highest BCUT2D eigenvalue weighted by molar-refractivity contribution is 7.99. The van der Waals surface area contributed by atoms with Crippen LogP contribution in [0.25, 0.3) is 10.9 Å². The van der Waals surface area contributed by atoms with Crippen LogP contribution >= 0.6 is 11.8 Å². The van der Waals surface area contributed by atoms with Crippen molar-refractivity contribution in [2.75, 3.05) is 12.9 Å². The number of hydrogen-bond donors (Lipinski definition) is 2. The number of methoxy groups -OCH3 is 1. The number of thioether (sulfide) groups is 1. The summed E-state index contributed by atoms with van der Waals surface area (Å²) in [4.78, 5) is 43.1. The zero-order chi connectivity index (χ0) is 26.5. The number of amides is 2. The number of ether oxygens (including phenoxy) is 1. The topological polar surface area (TPSA) is 102 Å². The molecule has 1 aliphatic carbocycles. The van der Waals surface area contributed by atoms with Crippen LogP contribution in [0.3, 0.4) is 0 Å². The maximum Gasteiger partial charge on any atom is 0.262 e. The summed E-state index contributed by atoms with van der Waals surface area (Å²) in [6.07, 6.45) is 2.06. The molecule has 0 aliphatic heterocycles. The Morgan fingerprint density at radius 1 is 1.03 bits per heavy atom. The smallest absolute Gasteiger partial charge is 0.262 e. The Morgan fingerprint density at radius 2 is 1.82 bits per heavy atom. The third-order valence-corrected chi connectivity index (χ3v) is 7.23. The number of carbonyl (C=O) groups is 2. The first-order valence-electron chi connectivity index (χ1n) is 12.4. The fourth-order valence-electron chi connectivity index (χ4n) is 4.00. The number of para-hydroxylation sites is 1. The zero-order valence-corrected chi connectivity index (χ0v) is 21.8. The number of benzene rings is 3. The average Bonchev–Trinajstić information content (AvgIpc) is 3.77. The van der Waals surface area contributed by atoms with E-state index in [4.69, 9.17) is 9.72 Å². The van der Waals surface area contributed by atoms with Crippen molar-refractivity contribution in [2.24, 2.45) is 0 Å². The molecule has 194 valence electrons. The first kappa shape index (κ1) is 25.5. The molecule has 0 spiro atoms. The fraction of sp³-hybridized carbons (Fsp3) is 0.241. The second kappa shape index (κ2) is 11.5. The SMILES string of the molecule is COc1cccc(CNC(=O)CSc2nc3ccccc3c(=O)n2Cc2ccc(C(=O)NC3CC3)cc2)c1. The van der Waals surface area contributed by atoms with Crippen molar-refractivity contribution in [3.8, 4) is 5.75 Å². The molecule has 0 bridgehead atoms. The van der Waals surface area contributed by atoms with Gasteiger partial charge in [0, 0.05) is 18.2 Å². The van der Waals surface area contributed by atoms with E-state index in [-0.39, 0.29) is 35.7 Å². The molecule has 38 heavy (non-hydrogen) atoms. The van der Waals surface area contributed by atoms with Gasteiger partial charge in [0.1, 0.15) is 5.75 Å². The molecule has 1 saturated carbocycles. The van der Waals surface area contributed by atoms with Crippen molar-refractivity contribution in [3.05, 3.63) is 99.8 Å². The van der Waals surface area contributed by atoms with Gasteiger partial charge in [0.25, 0.3) is 11.5 Å². The lowest BCUT2D eigenvalue weighted by atomic mass is 10.1. The summed E-state index contributed by atoms with van der Waals surface area (Å²) >= 11 is 1.22. The standard InChI is InChI=1S/C29H28N4O4S/c1-37-23-6-4-5-20(15-23)16-30-26(34)18-38-29-32-25-8-3-2-7-24(25)28(36)33(29)17-19-9-11-21(12-10-19)27(35)31-22-13-14-22/h2-12,15,22H,13-14,16-18H2,1H3,(H,30,34)(H,31,35). The first-order chi connectivity index (χ1) is 18.5. The van der Waals surface area contributed by atoms with Gasteiger partial charge in [-0.1, -0.05) is 48.2 Å². The Balaban J connectivity index is 1.31. The van der Waals surface area contributed by atoms with Crippen LogP contribution < -0.4 is 20.9 Å². The lowest BCUT2D eigenvalue weighted by Crippen LogP contribution is -2.27. The summed E-state index contributed by atoms with van der Waals surface area (Å²) in [6.45, 7) is 0.643. The Kier molecular flexibility index (Phi) is 7.74. The van der Waals surface area contributed by atoms with E-state index in [2.05, 4.69) is 10.6 Å². The normalized spacial score (nSPS) is 12.8. The second-order valence-corrected chi connectivity index (χ2v) is 10.1. The molecule has 0 radical (unpaired) electrons. The summed E-state index contributed by atoms with van der Waals surface area (Å²) in [5.41, 5.74) is 2.78. The van der Waals surface area contributed by atoms with Crippen LogP contribution in [0.1, 0.15) is 34.3 Å². The average molecular weight is 529 g/mol. The van der Waals surface area contributed by atoms with Gasteiger partial charge in [0.2, 0.25) is 5.91 Å². The van der Waals surface area contributed by atoms with Gasteiger partial charge >= 0.3 is 0 Å². The fourth-order valence-corrected chi connectivity index (χ4v) is 4.83. The summed E-state index contributed by atoms with van der Waals surface area (Å²) < 4.78 is 6.82. The Morgan fingerprint density at radius 3 is 2.58 bits per heavy atom. The van der Waals surface area contributed by atoms with Crippen molar-refractivity contribution < 1.29 is 14.3 Å². The summed E-state index contributed by atoms with van der Waals surface area (Å²) in [5.74, 6) is 0.583. The molecule has 3 aromatic carbocycles. The molecule has 5 rings (SSSR count). The summed E-state index contributed by atoms with van der Waals surface area (Å²) in [7, 11) is 1.60. The molecule has 2 N–H and O–H groups in total. The van der Waals surface area contributed by atoms with Gasteiger partial charge in [0.05, 0.1) is 30.3 Å². The van der Waals surface area contributed by atoms with E-state index in [1.807, 2.05) is 48.5 Å². The Hall–Kier alpha value is -4.11. The van der Waals surface area contributed by atoms with Gasteiger partial charge in [-0.25, -0.2) is 4.98 Å². The van der Waals surface area contributed by atoms with Crippen LogP contribution in [-0.4, -0.2) is 40.3 Å². The van der Waals surface area contributed by atoms with E-state index in [1.165, 1.54) is 11.8 Å². The van der Waals surface area contributed by atoms with Crippen LogP contribution in [0.5, 0.6) is 5.75 Å². The molecule has 0 saturated heterocycles. The summed E-state index contributed by atoms with van der Waals surface area (Å²) in [5, 5.41) is 6.86. The molecule has 1 fully saturated rings. The molecule has 1 heterocycles. The highest BCUT2D eigenvalue weighted by Crippen LogP contribution is 2.21. The molecular formula is C29H28N4O4S. The molecule has 0 atom stereocenters. The van der Waals surface area contributed by atoms with E-state index in [0.717, 1.165) is 29.7 Å². The molecule has 0 unspecified atom stereocenters. The second-order valence-electron chi connectivity index (χ2n) is 9.16. The van der Waals surface area contributed by atoms with Gasteiger partial charge < -0.3 is 15.4 Å². The third kappa shape index (κ3) is 6.23. The monoisotopic (exact) mass is 528 g/mol. The predicted molar refractivity (Wildman–Crippen MR) is 148 cm³/mol. The number of hydrogen-bond acceptors (Lipinski definition) is 6. The Bertz CT molecular complexity index is 1530. The van der Waals surface area contributed by atoms with Gasteiger partial charge in [-0.2, -0.15) is 0 Å². The molecule has 8 nitrogen and oxygen atoms in total. The van der Waals surface area contributed by atoms with E-state index < -0.39 is 0 Å². The maximum atomic E-state index is 13.4. The number of aromatic nitrogens is 2. The molecule has 4 aromatic rings. The zero-order valence-electron chi connectivity index (χ0n) is 21.0. The number of carbonyl (C=O) groups excluding carboxylic acids is 2. The van der Waals surface area contributed by atoms with Crippen LogP contribution in [0, 0.1) is 0 Å². The van der Waals surface area contributed by atoms with Crippen molar-refractivity contribution >= 4 is 34.5 Å². The summed E-state index contributed by atoms with van der Waals surface area (Å²) in [6, 6.07) is 22.2. The lowest BCUT2D eigenvalue weighted by Gasteiger charge is -2.14. The minimum atomic E-state index is -0.176. The van der Waals surface area contributed by atoms with Crippen molar-refractivity contribution in [3.63, 3.8) is 0 Å². The lowest BCUT2D eigenvalue weighted by molar-refractivity contribution is -0.118. The van der Waals surface area contributed by atoms with E-state index >= 15 is 0 Å². The molecular weight excluding hydrogens is 500 g/mol. The highest BCUT2D eigenvalue weighted by atomic mass is 32.2. The van der Waals surface area contributed by atoms with Gasteiger partial charge in [0.15, 0.2) is 5.16 Å². The van der Waals surface area contributed by atoms with Gasteiger partial charge in [-0.05, 0) is 60.4 Å². The van der Waals surface area contributed by atoms with E-state index in [9.17, 15) is 14.4 Å². The number of nitrogens with zero attached hydrogens (tertiary/aromatic N) is 2. The van der Waals surface area contributed by atoms with Crippen molar-refractivity contribution in [1.82, 2.24) is 20.2 Å². The molecule has 1 aliphatic rings. The van der Waals surface area contributed by atoms with Crippen LogP contribution in [0.2, 0.25) is 0 Å². The molecule has 1 aromatic heterocycles. The maximum absolute atomic E-state index is 13.4. The van der Waals surface area contributed by atoms with E-state index in [1.54, 1.807) is 35.9 Å². The number of nitrogens with one attached hydrogen (secondary N) is 2. The first-order valence-corrected chi connectivity index (χ1v) is 13.4. The molecule has 2 amide bonds. The Labute approximate surface area is 224 Å². The van der Waals surface area contributed by atoms with Gasteiger partial charge in [-0.15, -0.1) is 0 Å². The van der Waals surface area contributed by atoms with Crippen molar-refractivity contribution in [2.45, 2.75) is 37.1 Å². The predicted octanol–water partition coefficient (Wildman–Crippen LogP) is 3.75. The van der Waals surface area contributed by atoms with E-state index in [0.29, 0.717) is 28.2 Å². The quantitative estimate of drug-likeness (QED) is 0.240. The van der Waals surface area contributed by atoms with Crippen LogP contribution in [0.4, 0.5) is 0 Å². The van der Waals surface area contributed by atoms with Crippen molar-refractivity contribution in [1.29, 1.82) is 0 Å². The number of rotatable bonds is 10. The highest BCUT2D eigenvalue weighted by Gasteiger charge is 2.23. The van der Waals surface area contributed by atoms with Crippen LogP contribution in [0.15, 0.2) is 82.7 Å². The number of fused-ring (bicyclic) bond motifs is 1. The minimum Gasteiger partial charge on any atom is -0.497 e. The van der Waals surface area contributed by atoms with Gasteiger partial charge in [-0.3, -0.25) is 19.0 Å².